The molecule has 0 saturated heterocycles. The van der Waals surface area contributed by atoms with Crippen LogP contribution in [0.1, 0.15) is 41.2 Å². The smallest absolute Gasteiger partial charge is 0.261 e. The molecule has 130 valence electrons. The second kappa shape index (κ2) is 5.63. The molecule has 1 unspecified atom stereocenters. The molecule has 7 nitrogen and oxygen atoms in total. The summed E-state index contributed by atoms with van der Waals surface area (Å²) in [5.41, 5.74) is 3.59. The lowest BCUT2D eigenvalue weighted by atomic mass is 10.1. The molecule has 26 heavy (non-hydrogen) atoms. The van der Waals surface area contributed by atoms with Crippen LogP contribution in [0.25, 0.3) is 22.1 Å². The molecular weight excluding hydrogens is 348 g/mol. The van der Waals surface area contributed by atoms with E-state index in [9.17, 15) is 4.79 Å². The fourth-order valence-electron chi connectivity index (χ4n) is 3.42. The van der Waals surface area contributed by atoms with Gasteiger partial charge in [-0.15, -0.1) is 0 Å². The Morgan fingerprint density at radius 3 is 2.92 bits per heavy atom. The molecule has 3 aromatic heterocycles. The topological polar surface area (TPSA) is 89.3 Å². The first-order valence-corrected chi connectivity index (χ1v) is 9.00. The highest BCUT2D eigenvalue weighted by Crippen LogP contribution is 2.38. The minimum absolute atomic E-state index is 0.000407. The number of aryl methyl sites for hydroxylation is 1. The van der Waals surface area contributed by atoms with Gasteiger partial charge in [-0.1, -0.05) is 12.1 Å². The summed E-state index contributed by atoms with van der Waals surface area (Å²) in [7, 11) is 0. The van der Waals surface area contributed by atoms with Gasteiger partial charge in [0.15, 0.2) is 5.65 Å². The number of benzene rings is 1. The van der Waals surface area contributed by atoms with E-state index in [1.807, 2.05) is 25.1 Å². The number of aromatic nitrogens is 6. The molecule has 1 aliphatic carbocycles. The van der Waals surface area contributed by atoms with Gasteiger partial charge < -0.3 is 4.98 Å². The Hall–Kier alpha value is -2.74. The van der Waals surface area contributed by atoms with Crippen molar-refractivity contribution in [2.24, 2.45) is 0 Å². The molecule has 8 heteroatoms. The zero-order chi connectivity index (χ0) is 17.8. The van der Waals surface area contributed by atoms with Gasteiger partial charge in [0.25, 0.3) is 5.56 Å². The standard InChI is InChI=1S/C18H16N6OS/c1-9-3-2-4-11-12(9)18(25)24(10-5-6-10)17(23-11)15(26)13-14-16(21-7-19-13)22-8-20-14/h2-4,7-8,10,15,26H,5-6H2,1H3,(H,19,20,21,22). The number of nitrogens with one attached hydrogen (secondary N) is 1. The molecular formula is C18H16N6OS. The minimum atomic E-state index is -0.459. The van der Waals surface area contributed by atoms with Crippen LogP contribution in [0.2, 0.25) is 0 Å². The number of rotatable bonds is 3. The third kappa shape index (κ3) is 2.25. The molecule has 1 aromatic carbocycles. The summed E-state index contributed by atoms with van der Waals surface area (Å²) < 4.78 is 1.80. The van der Waals surface area contributed by atoms with Crippen LogP contribution >= 0.6 is 12.6 Å². The van der Waals surface area contributed by atoms with Gasteiger partial charge in [0.1, 0.15) is 22.9 Å². The van der Waals surface area contributed by atoms with Crippen molar-refractivity contribution in [2.75, 3.05) is 0 Å². The molecule has 5 rings (SSSR count). The van der Waals surface area contributed by atoms with Gasteiger partial charge in [-0.2, -0.15) is 12.6 Å². The maximum absolute atomic E-state index is 13.2. The van der Waals surface area contributed by atoms with Crippen molar-refractivity contribution in [3.8, 4) is 0 Å². The predicted octanol–water partition coefficient (Wildman–Crippen LogP) is 2.73. The third-order valence-corrected chi connectivity index (χ3v) is 5.31. The van der Waals surface area contributed by atoms with Crippen LogP contribution in [0.15, 0.2) is 35.6 Å². The van der Waals surface area contributed by atoms with Crippen LogP contribution < -0.4 is 5.56 Å². The van der Waals surface area contributed by atoms with Gasteiger partial charge >= 0.3 is 0 Å². The number of aromatic amines is 1. The molecule has 0 spiro atoms. The molecule has 0 amide bonds. The molecule has 0 aliphatic heterocycles. The minimum Gasteiger partial charge on any atom is -0.342 e. The zero-order valence-electron chi connectivity index (χ0n) is 14.0. The van der Waals surface area contributed by atoms with E-state index in [1.165, 1.54) is 6.33 Å². The largest absolute Gasteiger partial charge is 0.342 e. The molecule has 0 bridgehead atoms. The van der Waals surface area contributed by atoms with Crippen LogP contribution in [0, 0.1) is 6.92 Å². The summed E-state index contributed by atoms with van der Waals surface area (Å²) in [5, 5.41) is 0.220. The molecule has 1 fully saturated rings. The van der Waals surface area contributed by atoms with E-state index in [4.69, 9.17) is 17.6 Å². The van der Waals surface area contributed by atoms with Crippen molar-refractivity contribution in [1.82, 2.24) is 29.5 Å². The highest BCUT2D eigenvalue weighted by Gasteiger charge is 2.32. The van der Waals surface area contributed by atoms with Crippen molar-refractivity contribution in [3.63, 3.8) is 0 Å². The summed E-state index contributed by atoms with van der Waals surface area (Å²) in [6.07, 6.45) is 5.01. The first-order valence-electron chi connectivity index (χ1n) is 8.49. The Balaban J connectivity index is 1.80. The Morgan fingerprint density at radius 2 is 2.12 bits per heavy atom. The third-order valence-electron chi connectivity index (χ3n) is 4.83. The molecule has 1 atom stereocenters. The Morgan fingerprint density at radius 1 is 1.27 bits per heavy atom. The van der Waals surface area contributed by atoms with E-state index < -0.39 is 5.25 Å². The second-order valence-corrected chi connectivity index (χ2v) is 7.12. The SMILES string of the molecule is Cc1cccc2nc(C(S)c3ncnc4nc[nH]c34)n(C3CC3)c(=O)c12. The number of imidazole rings is 1. The molecule has 3 heterocycles. The van der Waals surface area contributed by atoms with Crippen LogP contribution in [0.4, 0.5) is 0 Å². The molecule has 1 saturated carbocycles. The molecule has 1 aliphatic rings. The van der Waals surface area contributed by atoms with E-state index in [1.54, 1.807) is 10.9 Å². The van der Waals surface area contributed by atoms with Crippen LogP contribution in [0.5, 0.6) is 0 Å². The summed E-state index contributed by atoms with van der Waals surface area (Å²) in [5.74, 6) is 0.619. The Kier molecular flexibility index (Phi) is 3.36. The number of H-pyrrole nitrogens is 1. The lowest BCUT2D eigenvalue weighted by Gasteiger charge is -2.18. The summed E-state index contributed by atoms with van der Waals surface area (Å²) in [6, 6.07) is 5.92. The van der Waals surface area contributed by atoms with Crippen LogP contribution in [0.3, 0.4) is 0 Å². The quantitative estimate of drug-likeness (QED) is 0.546. The summed E-state index contributed by atoms with van der Waals surface area (Å²) >= 11 is 4.79. The van der Waals surface area contributed by atoms with E-state index >= 15 is 0 Å². The Labute approximate surface area is 154 Å². The first-order chi connectivity index (χ1) is 12.6. The van der Waals surface area contributed by atoms with Gasteiger partial charge in [-0.3, -0.25) is 9.36 Å². The van der Waals surface area contributed by atoms with Crippen molar-refractivity contribution in [2.45, 2.75) is 31.1 Å². The molecule has 1 N–H and O–H groups in total. The van der Waals surface area contributed by atoms with E-state index in [0.717, 1.165) is 18.4 Å². The fourth-order valence-corrected chi connectivity index (χ4v) is 3.80. The van der Waals surface area contributed by atoms with Crippen LogP contribution in [-0.4, -0.2) is 29.5 Å². The van der Waals surface area contributed by atoms with Gasteiger partial charge in [0, 0.05) is 6.04 Å². The lowest BCUT2D eigenvalue weighted by molar-refractivity contribution is 0.647. The number of hydrogen-bond acceptors (Lipinski definition) is 6. The molecule has 0 radical (unpaired) electrons. The monoisotopic (exact) mass is 364 g/mol. The zero-order valence-corrected chi connectivity index (χ0v) is 14.9. The highest BCUT2D eigenvalue weighted by atomic mass is 32.1. The highest BCUT2D eigenvalue weighted by molar-refractivity contribution is 7.80. The van der Waals surface area contributed by atoms with E-state index in [0.29, 0.717) is 33.6 Å². The number of hydrogen-bond donors (Lipinski definition) is 2. The van der Waals surface area contributed by atoms with E-state index in [2.05, 4.69) is 19.9 Å². The van der Waals surface area contributed by atoms with Gasteiger partial charge in [0.05, 0.1) is 22.9 Å². The summed E-state index contributed by atoms with van der Waals surface area (Å²) in [4.78, 5) is 33.8. The normalized spacial score (nSPS) is 15.6. The Bertz CT molecular complexity index is 1210. The van der Waals surface area contributed by atoms with Crippen molar-refractivity contribution in [3.05, 3.63) is 58.3 Å². The summed E-state index contributed by atoms with van der Waals surface area (Å²) in [6.45, 7) is 1.94. The van der Waals surface area contributed by atoms with Crippen LogP contribution in [-0.2, 0) is 0 Å². The van der Waals surface area contributed by atoms with E-state index in [-0.39, 0.29) is 11.6 Å². The van der Waals surface area contributed by atoms with Gasteiger partial charge in [-0.25, -0.2) is 19.9 Å². The van der Waals surface area contributed by atoms with Crippen molar-refractivity contribution in [1.29, 1.82) is 0 Å². The average Bonchev–Trinajstić information content (AvgIpc) is 3.35. The maximum Gasteiger partial charge on any atom is 0.261 e. The average molecular weight is 364 g/mol. The number of thiol groups is 1. The first kappa shape index (κ1) is 15.5. The van der Waals surface area contributed by atoms with Gasteiger partial charge in [0.2, 0.25) is 0 Å². The van der Waals surface area contributed by atoms with Gasteiger partial charge in [-0.05, 0) is 31.4 Å². The number of nitrogens with zero attached hydrogens (tertiary/aromatic N) is 5. The number of fused-ring (bicyclic) bond motifs is 2. The fraction of sp³-hybridized carbons (Fsp3) is 0.278. The van der Waals surface area contributed by atoms with Crippen molar-refractivity contribution >= 4 is 34.7 Å². The molecule has 4 aromatic rings. The van der Waals surface area contributed by atoms with Crippen molar-refractivity contribution < 1.29 is 0 Å². The maximum atomic E-state index is 13.2. The second-order valence-electron chi connectivity index (χ2n) is 6.61. The predicted molar refractivity (Wildman–Crippen MR) is 102 cm³/mol. The lowest BCUT2D eigenvalue weighted by Crippen LogP contribution is -2.26.